The van der Waals surface area contributed by atoms with Gasteiger partial charge in [0.15, 0.2) is 0 Å². The van der Waals surface area contributed by atoms with E-state index in [0.717, 1.165) is 27.8 Å². The zero-order chi connectivity index (χ0) is 15.6. The first kappa shape index (κ1) is 15.6. The fraction of sp³-hybridized carbons (Fsp3) is 0.333. The summed E-state index contributed by atoms with van der Waals surface area (Å²) >= 11 is 3.50. The summed E-state index contributed by atoms with van der Waals surface area (Å²) in [5.41, 5.74) is 9.36. The van der Waals surface area contributed by atoms with Crippen LogP contribution in [0.5, 0.6) is 0 Å². The lowest BCUT2D eigenvalue weighted by molar-refractivity contribution is 0.0464. The second-order valence-electron chi connectivity index (χ2n) is 4.85. The van der Waals surface area contributed by atoms with Crippen LogP contribution in [0.1, 0.15) is 34.2 Å². The second kappa shape index (κ2) is 6.30. The summed E-state index contributed by atoms with van der Waals surface area (Å²) in [5.74, 6) is -0.428. The van der Waals surface area contributed by atoms with E-state index >= 15 is 0 Å². The predicted octanol–water partition coefficient (Wildman–Crippen LogP) is 2.99. The highest BCUT2D eigenvalue weighted by molar-refractivity contribution is 9.10. The molecule has 0 amide bonds. The van der Waals surface area contributed by atoms with Crippen LogP contribution in [0, 0.1) is 6.92 Å². The molecule has 0 atom stereocenters. The molecule has 0 saturated heterocycles. The first-order valence-corrected chi connectivity index (χ1v) is 7.46. The summed E-state index contributed by atoms with van der Waals surface area (Å²) in [6.07, 6.45) is 0.813. The number of esters is 1. The molecule has 2 N–H and O–H groups in total. The molecule has 2 rings (SSSR count). The molecule has 0 aliphatic heterocycles. The van der Waals surface area contributed by atoms with Crippen molar-refractivity contribution in [1.82, 2.24) is 9.78 Å². The summed E-state index contributed by atoms with van der Waals surface area (Å²) in [5, 5.41) is 4.36. The molecule has 1 aromatic carbocycles. The summed E-state index contributed by atoms with van der Waals surface area (Å²) in [6, 6.07) is 5.30. The molecule has 0 saturated carbocycles. The number of hydrogen-bond acceptors (Lipinski definition) is 4. The molecule has 0 unspecified atom stereocenters. The summed E-state index contributed by atoms with van der Waals surface area (Å²) < 4.78 is 7.96. The van der Waals surface area contributed by atoms with Crippen LogP contribution < -0.4 is 5.73 Å². The van der Waals surface area contributed by atoms with E-state index in [1.165, 1.54) is 0 Å². The van der Waals surface area contributed by atoms with E-state index in [1.807, 2.05) is 27.0 Å². The molecule has 2 aromatic rings. The largest absolute Gasteiger partial charge is 0.455 e. The Bertz CT molecular complexity index is 680. The molecule has 0 spiro atoms. The zero-order valence-electron chi connectivity index (χ0n) is 12.3. The first-order chi connectivity index (χ1) is 9.93. The fourth-order valence-corrected chi connectivity index (χ4v) is 2.77. The van der Waals surface area contributed by atoms with Gasteiger partial charge in [0.2, 0.25) is 0 Å². The maximum atomic E-state index is 12.1. The number of carbonyl (C=O) groups excluding carboxylic acids is 1. The van der Waals surface area contributed by atoms with Crippen LogP contribution in [-0.2, 0) is 24.8 Å². The SMILES string of the molecule is CCc1nn(C)c(COC(=O)c2cc(C)ccc2N)c1Br. The lowest BCUT2D eigenvalue weighted by Crippen LogP contribution is -2.10. The topological polar surface area (TPSA) is 70.1 Å². The first-order valence-electron chi connectivity index (χ1n) is 6.67. The number of aryl methyl sites for hydroxylation is 3. The number of aromatic nitrogens is 2. The van der Waals surface area contributed by atoms with E-state index in [0.29, 0.717) is 11.3 Å². The van der Waals surface area contributed by atoms with Gasteiger partial charge in [0.05, 0.1) is 21.4 Å². The molecule has 112 valence electrons. The Morgan fingerprint density at radius 2 is 2.19 bits per heavy atom. The van der Waals surface area contributed by atoms with Crippen molar-refractivity contribution in [3.63, 3.8) is 0 Å². The average molecular weight is 352 g/mol. The molecule has 5 nitrogen and oxygen atoms in total. The number of nitrogen functional groups attached to an aromatic ring is 1. The van der Waals surface area contributed by atoms with Gasteiger partial charge in [-0.2, -0.15) is 5.10 Å². The van der Waals surface area contributed by atoms with Gasteiger partial charge in [-0.15, -0.1) is 0 Å². The van der Waals surface area contributed by atoms with Crippen LogP contribution in [0.25, 0.3) is 0 Å². The van der Waals surface area contributed by atoms with E-state index in [9.17, 15) is 4.79 Å². The maximum Gasteiger partial charge on any atom is 0.340 e. The highest BCUT2D eigenvalue weighted by atomic mass is 79.9. The molecule has 1 aromatic heterocycles. The molecular formula is C15H18BrN3O2. The zero-order valence-corrected chi connectivity index (χ0v) is 13.9. The smallest absolute Gasteiger partial charge is 0.340 e. The Labute approximate surface area is 132 Å². The average Bonchev–Trinajstić information content (AvgIpc) is 2.73. The van der Waals surface area contributed by atoms with Crippen LogP contribution in [0.3, 0.4) is 0 Å². The normalized spacial score (nSPS) is 10.7. The third-order valence-electron chi connectivity index (χ3n) is 3.27. The highest BCUT2D eigenvalue weighted by Gasteiger charge is 2.16. The van der Waals surface area contributed by atoms with Gasteiger partial charge in [0.1, 0.15) is 6.61 Å². The number of rotatable bonds is 4. The minimum atomic E-state index is -0.428. The van der Waals surface area contributed by atoms with Gasteiger partial charge < -0.3 is 10.5 Å². The van der Waals surface area contributed by atoms with E-state index in [-0.39, 0.29) is 6.61 Å². The summed E-state index contributed by atoms with van der Waals surface area (Å²) in [6.45, 7) is 4.08. The van der Waals surface area contributed by atoms with Crippen LogP contribution in [0.15, 0.2) is 22.7 Å². The van der Waals surface area contributed by atoms with Gasteiger partial charge in [-0.05, 0) is 41.4 Å². The fourth-order valence-electron chi connectivity index (χ4n) is 2.04. The number of hydrogen-bond donors (Lipinski definition) is 1. The van der Waals surface area contributed by atoms with E-state index in [2.05, 4.69) is 21.0 Å². The summed E-state index contributed by atoms with van der Waals surface area (Å²) in [4.78, 5) is 12.1. The summed E-state index contributed by atoms with van der Waals surface area (Å²) in [7, 11) is 1.83. The van der Waals surface area contributed by atoms with Crippen molar-refractivity contribution in [3.8, 4) is 0 Å². The van der Waals surface area contributed by atoms with Crippen molar-refractivity contribution in [3.05, 3.63) is 45.2 Å². The Morgan fingerprint density at radius 1 is 1.48 bits per heavy atom. The van der Waals surface area contributed by atoms with Crippen LogP contribution >= 0.6 is 15.9 Å². The van der Waals surface area contributed by atoms with Gasteiger partial charge in [0, 0.05) is 12.7 Å². The van der Waals surface area contributed by atoms with Crippen molar-refractivity contribution in [2.75, 3.05) is 5.73 Å². The van der Waals surface area contributed by atoms with Crippen molar-refractivity contribution in [2.45, 2.75) is 26.9 Å². The molecule has 1 heterocycles. The molecule has 0 aliphatic carbocycles. The Balaban J connectivity index is 2.15. The molecule has 0 radical (unpaired) electrons. The van der Waals surface area contributed by atoms with Crippen molar-refractivity contribution in [1.29, 1.82) is 0 Å². The Hall–Kier alpha value is -1.82. The van der Waals surface area contributed by atoms with Gasteiger partial charge in [-0.3, -0.25) is 4.68 Å². The Kier molecular flexibility index (Phi) is 4.67. The maximum absolute atomic E-state index is 12.1. The van der Waals surface area contributed by atoms with Gasteiger partial charge >= 0.3 is 5.97 Å². The molecule has 21 heavy (non-hydrogen) atoms. The van der Waals surface area contributed by atoms with Crippen molar-refractivity contribution >= 4 is 27.6 Å². The minimum absolute atomic E-state index is 0.149. The van der Waals surface area contributed by atoms with Gasteiger partial charge in [-0.25, -0.2) is 4.79 Å². The molecule has 0 aliphatic rings. The van der Waals surface area contributed by atoms with E-state index in [4.69, 9.17) is 10.5 Å². The number of ether oxygens (including phenoxy) is 1. The van der Waals surface area contributed by atoms with E-state index < -0.39 is 5.97 Å². The monoisotopic (exact) mass is 351 g/mol. The van der Waals surface area contributed by atoms with Gasteiger partial charge in [0.25, 0.3) is 0 Å². The van der Waals surface area contributed by atoms with Crippen LogP contribution in [0.2, 0.25) is 0 Å². The third-order valence-corrected chi connectivity index (χ3v) is 4.19. The minimum Gasteiger partial charge on any atom is -0.455 e. The number of carbonyl (C=O) groups is 1. The molecule has 6 heteroatoms. The molecular weight excluding hydrogens is 334 g/mol. The standard InChI is InChI=1S/C15H18BrN3O2/c1-4-12-14(16)13(19(3)18-12)8-21-15(20)10-7-9(2)5-6-11(10)17/h5-7H,4,8,17H2,1-3H3. The Morgan fingerprint density at radius 3 is 2.81 bits per heavy atom. The van der Waals surface area contributed by atoms with Crippen LogP contribution in [0.4, 0.5) is 5.69 Å². The number of halogens is 1. The van der Waals surface area contributed by atoms with Gasteiger partial charge in [-0.1, -0.05) is 18.6 Å². The number of nitrogens with two attached hydrogens (primary N) is 1. The lowest BCUT2D eigenvalue weighted by Gasteiger charge is -2.08. The lowest BCUT2D eigenvalue weighted by atomic mass is 10.1. The third kappa shape index (κ3) is 3.26. The van der Waals surface area contributed by atoms with Crippen molar-refractivity contribution < 1.29 is 9.53 Å². The predicted molar refractivity (Wildman–Crippen MR) is 85.0 cm³/mol. The van der Waals surface area contributed by atoms with E-state index in [1.54, 1.807) is 16.8 Å². The van der Waals surface area contributed by atoms with Crippen LogP contribution in [-0.4, -0.2) is 15.7 Å². The molecule has 0 fully saturated rings. The number of benzene rings is 1. The molecule has 0 bridgehead atoms. The second-order valence-corrected chi connectivity index (χ2v) is 5.64. The van der Waals surface area contributed by atoms with Crippen molar-refractivity contribution in [2.24, 2.45) is 7.05 Å². The quantitative estimate of drug-likeness (QED) is 0.678. The highest BCUT2D eigenvalue weighted by Crippen LogP contribution is 2.23. The number of nitrogens with zero attached hydrogens (tertiary/aromatic N) is 2. The number of anilines is 1.